The average molecular weight is 267 g/mol. The van der Waals surface area contributed by atoms with Crippen LogP contribution in [0.25, 0.3) is 0 Å². The molecule has 17 heavy (non-hydrogen) atoms. The summed E-state index contributed by atoms with van der Waals surface area (Å²) in [5.74, 6) is -1.17. The number of aromatic amines is 1. The highest BCUT2D eigenvalue weighted by Gasteiger charge is 2.27. The number of amides is 1. The van der Waals surface area contributed by atoms with Crippen LogP contribution in [0.15, 0.2) is 6.20 Å². The van der Waals surface area contributed by atoms with Crippen LogP contribution in [-0.2, 0) is 11.3 Å². The van der Waals surface area contributed by atoms with Crippen LogP contribution in [0, 0.1) is 4.77 Å². The summed E-state index contributed by atoms with van der Waals surface area (Å²) in [6.45, 7) is 1.28. The van der Waals surface area contributed by atoms with E-state index in [0.29, 0.717) is 5.69 Å². The third kappa shape index (κ3) is 3.88. The zero-order valence-electron chi connectivity index (χ0n) is 9.04. The Morgan fingerprint density at radius 3 is 2.71 bits per heavy atom. The second-order valence-corrected chi connectivity index (χ2v) is 4.08. The molecule has 0 bridgehead atoms. The van der Waals surface area contributed by atoms with Crippen molar-refractivity contribution in [3.8, 4) is 0 Å². The highest BCUT2D eigenvalue weighted by atomic mass is 32.1. The first-order chi connectivity index (χ1) is 7.70. The molecule has 1 aromatic heterocycles. The van der Waals surface area contributed by atoms with Crippen molar-refractivity contribution in [1.82, 2.24) is 9.55 Å². The molecular weight excluding hydrogens is 255 g/mol. The predicted octanol–water partition coefficient (Wildman–Crippen LogP) is 2.09. The number of carbonyl (C=O) groups excluding carboxylic acids is 1. The largest absolute Gasteiger partial charge is 0.390 e. The lowest BCUT2D eigenvalue weighted by atomic mass is 10.1. The molecule has 0 radical (unpaired) electrons. The van der Waals surface area contributed by atoms with Crippen LogP contribution < -0.4 is 5.73 Å². The molecule has 3 N–H and O–H groups in total. The minimum Gasteiger partial charge on any atom is -0.369 e. The number of alkyl halides is 3. The molecule has 1 atom stereocenters. The molecule has 0 aliphatic rings. The number of hydrogen-bond acceptors (Lipinski definition) is 2. The van der Waals surface area contributed by atoms with Crippen LogP contribution in [0.1, 0.15) is 25.0 Å². The molecule has 0 saturated carbocycles. The highest BCUT2D eigenvalue weighted by molar-refractivity contribution is 7.71. The third-order valence-corrected chi connectivity index (χ3v) is 2.67. The van der Waals surface area contributed by atoms with Crippen molar-refractivity contribution in [1.29, 1.82) is 0 Å². The number of carbonyl (C=O) groups is 1. The molecule has 8 heteroatoms. The Bertz CT molecular complexity index is 463. The summed E-state index contributed by atoms with van der Waals surface area (Å²) in [7, 11) is 0. The molecule has 0 aliphatic carbocycles. The van der Waals surface area contributed by atoms with Crippen LogP contribution in [0.5, 0.6) is 0 Å². The number of hydrogen-bond donors (Lipinski definition) is 2. The van der Waals surface area contributed by atoms with Crippen molar-refractivity contribution < 1.29 is 18.0 Å². The lowest BCUT2D eigenvalue weighted by molar-refractivity contribution is -0.136. The molecule has 1 aromatic rings. The maximum Gasteiger partial charge on any atom is 0.390 e. The molecule has 1 rings (SSSR count). The van der Waals surface area contributed by atoms with E-state index in [0.717, 1.165) is 0 Å². The van der Waals surface area contributed by atoms with Gasteiger partial charge in [-0.25, -0.2) is 0 Å². The van der Waals surface area contributed by atoms with Gasteiger partial charge >= 0.3 is 6.18 Å². The van der Waals surface area contributed by atoms with Gasteiger partial charge in [0.25, 0.3) is 0 Å². The predicted molar refractivity (Wildman–Crippen MR) is 57.9 cm³/mol. The number of nitrogens with two attached hydrogens (primary N) is 1. The number of halogens is 3. The van der Waals surface area contributed by atoms with E-state index in [1.165, 1.54) is 10.8 Å². The van der Waals surface area contributed by atoms with Gasteiger partial charge in [-0.3, -0.25) is 4.79 Å². The fourth-order valence-corrected chi connectivity index (χ4v) is 1.50. The summed E-state index contributed by atoms with van der Waals surface area (Å²) >= 11 is 4.85. The lowest BCUT2D eigenvalue weighted by Gasteiger charge is -2.06. The molecule has 96 valence electrons. The number of rotatable bonds is 4. The Morgan fingerprint density at radius 2 is 2.24 bits per heavy atom. The number of primary amides is 1. The second-order valence-electron chi connectivity index (χ2n) is 3.70. The molecule has 1 heterocycles. The minimum absolute atomic E-state index is 0.150. The second kappa shape index (κ2) is 4.91. The maximum atomic E-state index is 12.0. The molecule has 4 nitrogen and oxygen atoms in total. The molecule has 1 amide bonds. The average Bonchev–Trinajstić information content (AvgIpc) is 2.54. The van der Waals surface area contributed by atoms with Gasteiger partial charge < -0.3 is 15.3 Å². The van der Waals surface area contributed by atoms with E-state index in [-0.39, 0.29) is 11.3 Å². The van der Waals surface area contributed by atoms with Crippen molar-refractivity contribution in [2.75, 3.05) is 0 Å². The zero-order valence-corrected chi connectivity index (χ0v) is 9.86. The summed E-state index contributed by atoms with van der Waals surface area (Å²) in [6.07, 6.45) is -3.81. The van der Waals surface area contributed by atoms with E-state index < -0.39 is 24.4 Å². The Morgan fingerprint density at radius 1 is 1.65 bits per heavy atom. The van der Waals surface area contributed by atoms with Crippen molar-refractivity contribution in [2.24, 2.45) is 5.73 Å². The minimum atomic E-state index is -4.23. The number of aromatic nitrogens is 2. The fourth-order valence-electron chi connectivity index (χ4n) is 1.24. The van der Waals surface area contributed by atoms with E-state index in [1.807, 2.05) is 0 Å². The number of imidazole rings is 1. The standard InChI is InChI=1S/C9H12F3N3OS/c1-5(7(13)16)6-4-15(8(17)14-6)3-2-9(10,11)12/h4-5H,2-3H2,1H3,(H2,13,16)(H,14,17). The Hall–Kier alpha value is -1.31. The van der Waals surface area contributed by atoms with Crippen molar-refractivity contribution in [2.45, 2.75) is 32.0 Å². The highest BCUT2D eigenvalue weighted by Crippen LogP contribution is 2.21. The fraction of sp³-hybridized carbons (Fsp3) is 0.556. The van der Waals surface area contributed by atoms with Crippen LogP contribution in [0.3, 0.4) is 0 Å². The topological polar surface area (TPSA) is 63.8 Å². The van der Waals surface area contributed by atoms with Gasteiger partial charge in [-0.15, -0.1) is 0 Å². The molecule has 0 saturated heterocycles. The smallest absolute Gasteiger partial charge is 0.369 e. The third-order valence-electron chi connectivity index (χ3n) is 2.34. The number of H-pyrrole nitrogens is 1. The van der Waals surface area contributed by atoms with Crippen molar-refractivity contribution in [3.05, 3.63) is 16.7 Å². The molecular formula is C9H12F3N3OS. The van der Waals surface area contributed by atoms with Crippen molar-refractivity contribution in [3.63, 3.8) is 0 Å². The van der Waals surface area contributed by atoms with E-state index in [9.17, 15) is 18.0 Å². The van der Waals surface area contributed by atoms with E-state index >= 15 is 0 Å². The van der Waals surface area contributed by atoms with E-state index in [4.69, 9.17) is 18.0 Å². The first kappa shape index (κ1) is 13.8. The molecule has 1 unspecified atom stereocenters. The number of nitrogens with one attached hydrogen (secondary N) is 1. The van der Waals surface area contributed by atoms with Crippen molar-refractivity contribution >= 4 is 18.1 Å². The summed E-state index contributed by atoms with van der Waals surface area (Å²) in [4.78, 5) is 13.6. The van der Waals surface area contributed by atoms with Gasteiger partial charge in [0.2, 0.25) is 5.91 Å². The first-order valence-corrected chi connectivity index (χ1v) is 5.27. The van der Waals surface area contributed by atoms with Gasteiger partial charge in [0.15, 0.2) is 4.77 Å². The molecule has 0 spiro atoms. The monoisotopic (exact) mass is 267 g/mol. The molecule has 0 aromatic carbocycles. The normalized spacial score (nSPS) is 13.6. The van der Waals surface area contributed by atoms with Crippen LogP contribution in [0.4, 0.5) is 13.2 Å². The van der Waals surface area contributed by atoms with Gasteiger partial charge in [-0.1, -0.05) is 0 Å². The summed E-state index contributed by atoms with van der Waals surface area (Å²) in [6, 6.07) is 0. The Labute approximate surface area is 101 Å². The van der Waals surface area contributed by atoms with Gasteiger partial charge in [0.1, 0.15) is 0 Å². The van der Waals surface area contributed by atoms with E-state index in [1.54, 1.807) is 6.92 Å². The summed E-state index contributed by atoms with van der Waals surface area (Å²) in [5.41, 5.74) is 5.51. The maximum absolute atomic E-state index is 12.0. The number of nitrogens with zero attached hydrogens (tertiary/aromatic N) is 1. The molecule has 0 fully saturated rings. The SMILES string of the molecule is CC(C(N)=O)c1cn(CCC(F)(F)F)c(=S)[nH]1. The number of aryl methyl sites for hydroxylation is 1. The molecule has 0 aliphatic heterocycles. The van der Waals surface area contributed by atoms with Gasteiger partial charge in [0.05, 0.1) is 12.3 Å². The first-order valence-electron chi connectivity index (χ1n) is 4.86. The van der Waals surface area contributed by atoms with Crippen LogP contribution >= 0.6 is 12.2 Å². The van der Waals surface area contributed by atoms with Gasteiger partial charge in [0, 0.05) is 18.4 Å². The Kier molecular flexibility index (Phi) is 3.97. The van der Waals surface area contributed by atoms with E-state index in [2.05, 4.69) is 4.98 Å². The lowest BCUT2D eigenvalue weighted by Crippen LogP contribution is -2.19. The van der Waals surface area contributed by atoms with Crippen LogP contribution in [-0.4, -0.2) is 21.6 Å². The summed E-state index contributed by atoms with van der Waals surface area (Å²) < 4.78 is 37.5. The summed E-state index contributed by atoms with van der Waals surface area (Å²) in [5, 5.41) is 0. The van der Waals surface area contributed by atoms with Crippen LogP contribution in [0.2, 0.25) is 0 Å². The Balaban J connectivity index is 2.83. The van der Waals surface area contributed by atoms with Gasteiger partial charge in [-0.2, -0.15) is 13.2 Å². The zero-order chi connectivity index (χ0) is 13.2. The van der Waals surface area contributed by atoms with Gasteiger partial charge in [-0.05, 0) is 19.1 Å². The quantitative estimate of drug-likeness (QED) is 0.820.